The first-order valence-electron chi connectivity index (χ1n) is 16.8. The number of hydrogen-bond donors (Lipinski definition) is 0. The van der Waals surface area contributed by atoms with Crippen LogP contribution in [0.5, 0.6) is 0 Å². The molecule has 1 heterocycles. The van der Waals surface area contributed by atoms with Gasteiger partial charge in [-0.05, 0) is 107 Å². The quantitative estimate of drug-likeness (QED) is 0.178. The molecule has 0 bridgehead atoms. The van der Waals surface area contributed by atoms with E-state index in [0.29, 0.717) is 0 Å². The van der Waals surface area contributed by atoms with Gasteiger partial charge in [0.15, 0.2) is 0 Å². The van der Waals surface area contributed by atoms with Crippen LogP contribution in [-0.4, -0.2) is 0 Å². The van der Waals surface area contributed by atoms with Gasteiger partial charge in [0, 0.05) is 10.8 Å². The first-order valence-corrected chi connectivity index (χ1v) is 16.8. The Balaban J connectivity index is 1.18. The summed E-state index contributed by atoms with van der Waals surface area (Å²) in [7, 11) is 0. The van der Waals surface area contributed by atoms with Gasteiger partial charge >= 0.3 is 0 Å². The van der Waals surface area contributed by atoms with E-state index in [1.807, 2.05) is 12.1 Å². The average Bonchev–Trinajstić information content (AvgIpc) is 3.55. The third-order valence-electron chi connectivity index (χ3n) is 10.1. The Labute approximate surface area is 284 Å². The Morgan fingerprint density at radius 3 is 1.49 bits per heavy atom. The molecule has 0 atom stereocenters. The second-order valence-corrected chi connectivity index (χ2v) is 12.8. The molecule has 1 heteroatoms. The van der Waals surface area contributed by atoms with E-state index in [9.17, 15) is 0 Å². The van der Waals surface area contributed by atoms with Crippen molar-refractivity contribution < 1.29 is 4.42 Å². The molecule has 10 rings (SSSR count). The Hall–Kier alpha value is -6.44. The van der Waals surface area contributed by atoms with Crippen LogP contribution in [0, 0.1) is 0 Å². The molecule has 10 aromatic rings. The molecule has 0 fully saturated rings. The van der Waals surface area contributed by atoms with E-state index in [1.54, 1.807) is 0 Å². The van der Waals surface area contributed by atoms with Gasteiger partial charge in [0.25, 0.3) is 0 Å². The minimum absolute atomic E-state index is 0.918. The zero-order valence-corrected chi connectivity index (χ0v) is 26.7. The van der Waals surface area contributed by atoms with Gasteiger partial charge in [0.1, 0.15) is 11.2 Å². The third kappa shape index (κ3) is 4.47. The van der Waals surface area contributed by atoms with Crippen molar-refractivity contribution in [3.63, 3.8) is 0 Å². The molecule has 0 saturated heterocycles. The van der Waals surface area contributed by atoms with Crippen LogP contribution in [0.25, 0.3) is 98.8 Å². The zero-order valence-electron chi connectivity index (χ0n) is 26.7. The lowest BCUT2D eigenvalue weighted by molar-refractivity contribution is 0.669. The molecule has 1 aromatic heterocycles. The molecule has 0 radical (unpaired) electrons. The van der Waals surface area contributed by atoms with Crippen LogP contribution in [0.4, 0.5) is 0 Å². The van der Waals surface area contributed by atoms with Crippen molar-refractivity contribution in [2.75, 3.05) is 0 Å². The van der Waals surface area contributed by atoms with Crippen LogP contribution in [0.15, 0.2) is 186 Å². The highest BCUT2D eigenvalue weighted by molar-refractivity contribution is 6.24. The van der Waals surface area contributed by atoms with Gasteiger partial charge in [-0.15, -0.1) is 0 Å². The van der Waals surface area contributed by atoms with Gasteiger partial charge in [0.05, 0.1) is 0 Å². The molecule has 0 aliphatic carbocycles. The molecule has 0 spiro atoms. The summed E-state index contributed by atoms with van der Waals surface area (Å²) >= 11 is 0. The van der Waals surface area contributed by atoms with E-state index in [-0.39, 0.29) is 0 Å². The number of benzene rings is 9. The SMILES string of the molecule is c1ccc(-c2cc(-c3c4ccccc4c(-c4ccc(-c5ccc6oc7ccccc7c6c5)cc4)c4ccccc34)c3ccccc3c2)cc1. The second-order valence-electron chi connectivity index (χ2n) is 12.8. The van der Waals surface area contributed by atoms with Crippen LogP contribution in [0.3, 0.4) is 0 Å². The molecule has 0 aliphatic heterocycles. The van der Waals surface area contributed by atoms with Crippen LogP contribution in [0.1, 0.15) is 0 Å². The van der Waals surface area contributed by atoms with Gasteiger partial charge in [0.2, 0.25) is 0 Å². The van der Waals surface area contributed by atoms with Crippen molar-refractivity contribution in [2.45, 2.75) is 0 Å². The molecular formula is C48H30O. The monoisotopic (exact) mass is 622 g/mol. The van der Waals surface area contributed by atoms with Gasteiger partial charge < -0.3 is 4.42 Å². The normalized spacial score (nSPS) is 11.7. The zero-order chi connectivity index (χ0) is 32.3. The molecule has 0 unspecified atom stereocenters. The standard InChI is InChI=1S/C48H30O/c1-2-12-31(13-3-1)36-28-35-14-4-5-15-37(35)44(30-36)48-41-19-8-6-17-39(41)47(40-18-7-9-20-42(40)48)33-24-22-32(23-25-33)34-26-27-46-43(29-34)38-16-10-11-21-45(38)49-46/h1-30H. The van der Waals surface area contributed by atoms with E-state index in [4.69, 9.17) is 4.42 Å². The summed E-state index contributed by atoms with van der Waals surface area (Å²) in [6, 6.07) is 65.9. The molecule has 228 valence electrons. The van der Waals surface area contributed by atoms with Crippen LogP contribution in [0.2, 0.25) is 0 Å². The summed E-state index contributed by atoms with van der Waals surface area (Å²) in [6.45, 7) is 0. The largest absolute Gasteiger partial charge is 0.456 e. The Kier molecular flexibility index (Phi) is 6.25. The molecule has 49 heavy (non-hydrogen) atoms. The van der Waals surface area contributed by atoms with E-state index >= 15 is 0 Å². The van der Waals surface area contributed by atoms with Crippen molar-refractivity contribution in [1.82, 2.24) is 0 Å². The fraction of sp³-hybridized carbons (Fsp3) is 0. The topological polar surface area (TPSA) is 13.1 Å². The van der Waals surface area contributed by atoms with Gasteiger partial charge in [-0.2, -0.15) is 0 Å². The average molecular weight is 623 g/mol. The summed E-state index contributed by atoms with van der Waals surface area (Å²) in [6.07, 6.45) is 0. The van der Waals surface area contributed by atoms with Crippen molar-refractivity contribution in [3.05, 3.63) is 182 Å². The van der Waals surface area contributed by atoms with E-state index in [0.717, 1.165) is 21.9 Å². The van der Waals surface area contributed by atoms with Crippen molar-refractivity contribution in [3.8, 4) is 44.5 Å². The highest BCUT2D eigenvalue weighted by Gasteiger charge is 2.19. The lowest BCUT2D eigenvalue weighted by atomic mass is 9.83. The van der Waals surface area contributed by atoms with Crippen molar-refractivity contribution >= 4 is 54.3 Å². The first kappa shape index (κ1) is 27.7. The van der Waals surface area contributed by atoms with Gasteiger partial charge in [-0.25, -0.2) is 0 Å². The lowest BCUT2D eigenvalue weighted by Gasteiger charge is -2.20. The molecule has 0 N–H and O–H groups in total. The third-order valence-corrected chi connectivity index (χ3v) is 10.1. The highest BCUT2D eigenvalue weighted by Crippen LogP contribution is 2.46. The number of hydrogen-bond acceptors (Lipinski definition) is 1. The lowest BCUT2D eigenvalue weighted by Crippen LogP contribution is -1.92. The van der Waals surface area contributed by atoms with E-state index < -0.39 is 0 Å². The highest BCUT2D eigenvalue weighted by atomic mass is 16.3. The minimum atomic E-state index is 0.918. The van der Waals surface area contributed by atoms with Crippen LogP contribution < -0.4 is 0 Å². The van der Waals surface area contributed by atoms with Gasteiger partial charge in [-0.1, -0.05) is 152 Å². The number of fused-ring (bicyclic) bond motifs is 6. The second kappa shape index (κ2) is 11.1. The smallest absolute Gasteiger partial charge is 0.135 e. The molecule has 0 amide bonds. The summed E-state index contributed by atoms with van der Waals surface area (Å²) < 4.78 is 6.10. The summed E-state index contributed by atoms with van der Waals surface area (Å²) in [5.74, 6) is 0. The maximum absolute atomic E-state index is 6.10. The summed E-state index contributed by atoms with van der Waals surface area (Å²) in [5, 5.41) is 9.82. The van der Waals surface area contributed by atoms with Crippen LogP contribution in [-0.2, 0) is 0 Å². The number of furan rings is 1. The number of rotatable bonds is 4. The minimum Gasteiger partial charge on any atom is -0.456 e. The molecule has 0 saturated carbocycles. The number of para-hydroxylation sites is 1. The molecule has 1 nitrogen and oxygen atoms in total. The predicted molar refractivity (Wildman–Crippen MR) is 208 cm³/mol. The van der Waals surface area contributed by atoms with Gasteiger partial charge in [-0.3, -0.25) is 0 Å². The summed E-state index contributed by atoms with van der Waals surface area (Å²) in [5.41, 5.74) is 11.7. The van der Waals surface area contributed by atoms with Crippen molar-refractivity contribution in [2.24, 2.45) is 0 Å². The first-order chi connectivity index (χ1) is 24.3. The molecular weight excluding hydrogens is 593 g/mol. The maximum Gasteiger partial charge on any atom is 0.135 e. The molecule has 0 aliphatic rings. The maximum atomic E-state index is 6.10. The Morgan fingerprint density at radius 1 is 0.265 bits per heavy atom. The predicted octanol–water partition coefficient (Wildman–Crippen LogP) is 13.7. The summed E-state index contributed by atoms with van der Waals surface area (Å²) in [4.78, 5) is 0. The van der Waals surface area contributed by atoms with E-state index in [1.165, 1.54) is 76.8 Å². The van der Waals surface area contributed by atoms with E-state index in [2.05, 4.69) is 170 Å². The fourth-order valence-corrected chi connectivity index (χ4v) is 7.78. The molecule has 9 aromatic carbocycles. The Morgan fingerprint density at radius 2 is 0.776 bits per heavy atom. The van der Waals surface area contributed by atoms with Crippen molar-refractivity contribution in [1.29, 1.82) is 0 Å². The fourth-order valence-electron chi connectivity index (χ4n) is 7.78. The Bertz CT molecular complexity index is 2800. The van der Waals surface area contributed by atoms with Crippen LogP contribution >= 0.6 is 0 Å².